The van der Waals surface area contributed by atoms with Crippen molar-refractivity contribution in [3.63, 3.8) is 0 Å². The van der Waals surface area contributed by atoms with Crippen LogP contribution < -0.4 is 0 Å². The highest BCUT2D eigenvalue weighted by Gasteiger charge is 2.22. The molecule has 0 aromatic rings. The number of halogens is 1. The van der Waals surface area contributed by atoms with E-state index in [1.807, 2.05) is 0 Å². The van der Waals surface area contributed by atoms with Crippen molar-refractivity contribution in [1.82, 2.24) is 4.90 Å². The molecule has 0 aromatic carbocycles. The van der Waals surface area contributed by atoms with E-state index in [1.54, 1.807) is 0 Å². The van der Waals surface area contributed by atoms with Crippen LogP contribution in [0.25, 0.3) is 0 Å². The van der Waals surface area contributed by atoms with Gasteiger partial charge < -0.3 is 4.90 Å². The number of likely N-dealkylation sites (tertiary alicyclic amines) is 1. The lowest BCUT2D eigenvalue weighted by molar-refractivity contribution is 0.260. The van der Waals surface area contributed by atoms with Crippen molar-refractivity contribution in [3.05, 3.63) is 0 Å². The fraction of sp³-hybridized carbons (Fsp3) is 1.00. The summed E-state index contributed by atoms with van der Waals surface area (Å²) in [4.78, 5) is 2.55. The van der Waals surface area contributed by atoms with Gasteiger partial charge in [0.2, 0.25) is 0 Å². The van der Waals surface area contributed by atoms with Crippen LogP contribution in [0.3, 0.4) is 0 Å². The molecular formula is C11H22ClN. The molecule has 1 aliphatic rings. The van der Waals surface area contributed by atoms with Crippen LogP contribution in [0.5, 0.6) is 0 Å². The molecule has 1 atom stereocenters. The van der Waals surface area contributed by atoms with E-state index in [1.165, 1.54) is 32.5 Å². The maximum absolute atomic E-state index is 5.84. The van der Waals surface area contributed by atoms with Crippen LogP contribution in [0.1, 0.15) is 33.6 Å². The van der Waals surface area contributed by atoms with E-state index in [9.17, 15) is 0 Å². The van der Waals surface area contributed by atoms with Crippen LogP contribution >= 0.6 is 11.6 Å². The smallest absolute Gasteiger partial charge is 0.0264 e. The molecule has 1 nitrogen and oxygen atoms in total. The van der Waals surface area contributed by atoms with Crippen molar-refractivity contribution in [2.24, 2.45) is 11.3 Å². The average molecular weight is 204 g/mol. The minimum Gasteiger partial charge on any atom is -0.303 e. The lowest BCUT2D eigenvalue weighted by Gasteiger charge is -2.23. The Morgan fingerprint density at radius 2 is 2.08 bits per heavy atom. The monoisotopic (exact) mass is 203 g/mol. The van der Waals surface area contributed by atoms with Crippen molar-refractivity contribution in [1.29, 1.82) is 0 Å². The number of hydrogen-bond acceptors (Lipinski definition) is 1. The maximum Gasteiger partial charge on any atom is 0.0264 e. The molecule has 0 aromatic heterocycles. The first kappa shape index (κ1) is 11.3. The summed E-state index contributed by atoms with van der Waals surface area (Å²) < 4.78 is 0. The zero-order valence-corrected chi connectivity index (χ0v) is 9.90. The third-order valence-corrected chi connectivity index (χ3v) is 3.20. The van der Waals surface area contributed by atoms with Gasteiger partial charge in [-0.25, -0.2) is 0 Å². The number of rotatable bonds is 3. The SMILES string of the molecule is CC(C)(C)CCN1CCC(CCl)C1. The van der Waals surface area contributed by atoms with Gasteiger partial charge in [0.25, 0.3) is 0 Å². The topological polar surface area (TPSA) is 3.24 Å². The molecule has 0 bridgehead atoms. The van der Waals surface area contributed by atoms with Gasteiger partial charge >= 0.3 is 0 Å². The summed E-state index contributed by atoms with van der Waals surface area (Å²) in [6.45, 7) is 10.6. The fourth-order valence-electron chi connectivity index (χ4n) is 1.74. The van der Waals surface area contributed by atoms with Gasteiger partial charge in [-0.3, -0.25) is 0 Å². The largest absolute Gasteiger partial charge is 0.303 e. The molecule has 13 heavy (non-hydrogen) atoms. The van der Waals surface area contributed by atoms with Gasteiger partial charge in [-0.1, -0.05) is 20.8 Å². The van der Waals surface area contributed by atoms with Crippen LogP contribution in [0.4, 0.5) is 0 Å². The Kier molecular flexibility index (Phi) is 4.06. The molecule has 0 amide bonds. The second-order valence-electron chi connectivity index (χ2n) is 5.42. The first-order valence-corrected chi connectivity index (χ1v) is 5.83. The van der Waals surface area contributed by atoms with Crippen molar-refractivity contribution >= 4 is 11.6 Å². The summed E-state index contributed by atoms with van der Waals surface area (Å²) >= 11 is 5.84. The van der Waals surface area contributed by atoms with Crippen LogP contribution in [0.2, 0.25) is 0 Å². The Hall–Kier alpha value is 0.250. The van der Waals surface area contributed by atoms with Gasteiger partial charge in [0.1, 0.15) is 0 Å². The molecular weight excluding hydrogens is 182 g/mol. The van der Waals surface area contributed by atoms with Gasteiger partial charge in [0.15, 0.2) is 0 Å². The molecule has 0 spiro atoms. The van der Waals surface area contributed by atoms with Crippen molar-refractivity contribution in [2.75, 3.05) is 25.5 Å². The second kappa shape index (κ2) is 4.65. The van der Waals surface area contributed by atoms with Crippen molar-refractivity contribution in [3.8, 4) is 0 Å². The lowest BCUT2D eigenvalue weighted by Crippen LogP contribution is -2.25. The number of alkyl halides is 1. The van der Waals surface area contributed by atoms with E-state index in [2.05, 4.69) is 25.7 Å². The normalized spacial score (nSPS) is 25.4. The van der Waals surface area contributed by atoms with Crippen molar-refractivity contribution in [2.45, 2.75) is 33.6 Å². The Morgan fingerprint density at radius 3 is 2.54 bits per heavy atom. The van der Waals surface area contributed by atoms with Gasteiger partial charge in [-0.2, -0.15) is 0 Å². The Bertz CT molecular complexity index is 151. The summed E-state index contributed by atoms with van der Waals surface area (Å²) in [5.74, 6) is 1.59. The lowest BCUT2D eigenvalue weighted by atomic mass is 9.92. The summed E-state index contributed by atoms with van der Waals surface area (Å²) in [5.41, 5.74) is 0.471. The Morgan fingerprint density at radius 1 is 1.38 bits per heavy atom. The van der Waals surface area contributed by atoms with E-state index in [-0.39, 0.29) is 0 Å². The molecule has 1 unspecified atom stereocenters. The van der Waals surface area contributed by atoms with Crippen LogP contribution in [-0.4, -0.2) is 30.4 Å². The molecule has 1 heterocycles. The van der Waals surface area contributed by atoms with E-state index < -0.39 is 0 Å². The number of hydrogen-bond donors (Lipinski definition) is 0. The molecule has 1 aliphatic heterocycles. The van der Waals surface area contributed by atoms with Crippen LogP contribution in [0.15, 0.2) is 0 Å². The van der Waals surface area contributed by atoms with Gasteiger partial charge in [0.05, 0.1) is 0 Å². The quantitative estimate of drug-likeness (QED) is 0.638. The van der Waals surface area contributed by atoms with E-state index in [0.29, 0.717) is 5.41 Å². The Labute approximate surface area is 87.4 Å². The molecule has 78 valence electrons. The molecule has 1 rings (SSSR count). The maximum atomic E-state index is 5.84. The highest BCUT2D eigenvalue weighted by molar-refractivity contribution is 6.18. The standard InChI is InChI=1S/C11H22ClN/c1-11(2,3)5-7-13-6-4-10(8-12)9-13/h10H,4-9H2,1-3H3. The summed E-state index contributed by atoms with van der Waals surface area (Å²) in [7, 11) is 0. The van der Waals surface area contributed by atoms with Gasteiger partial charge in [-0.05, 0) is 37.3 Å². The zero-order valence-electron chi connectivity index (χ0n) is 9.15. The summed E-state index contributed by atoms with van der Waals surface area (Å²) in [6.07, 6.45) is 2.59. The highest BCUT2D eigenvalue weighted by Crippen LogP contribution is 2.22. The summed E-state index contributed by atoms with van der Waals surface area (Å²) in [6, 6.07) is 0. The molecule has 0 saturated carbocycles. The molecule has 0 aliphatic carbocycles. The molecule has 0 radical (unpaired) electrons. The summed E-state index contributed by atoms with van der Waals surface area (Å²) in [5, 5.41) is 0. The average Bonchev–Trinajstić information content (AvgIpc) is 2.47. The molecule has 0 N–H and O–H groups in total. The van der Waals surface area contributed by atoms with Crippen LogP contribution in [-0.2, 0) is 0 Å². The third kappa shape index (κ3) is 4.33. The van der Waals surface area contributed by atoms with E-state index in [0.717, 1.165) is 11.8 Å². The molecule has 1 fully saturated rings. The van der Waals surface area contributed by atoms with E-state index >= 15 is 0 Å². The predicted molar refractivity (Wildman–Crippen MR) is 59.3 cm³/mol. The Balaban J connectivity index is 2.17. The van der Waals surface area contributed by atoms with E-state index in [4.69, 9.17) is 11.6 Å². The van der Waals surface area contributed by atoms with Gasteiger partial charge in [0, 0.05) is 12.4 Å². The molecule has 1 saturated heterocycles. The van der Waals surface area contributed by atoms with Crippen LogP contribution in [0, 0.1) is 11.3 Å². The first-order valence-electron chi connectivity index (χ1n) is 5.29. The third-order valence-electron chi connectivity index (χ3n) is 2.77. The minimum absolute atomic E-state index is 0.471. The second-order valence-corrected chi connectivity index (χ2v) is 5.73. The molecule has 2 heteroatoms. The first-order chi connectivity index (χ1) is 6.01. The fourth-order valence-corrected chi connectivity index (χ4v) is 1.99. The predicted octanol–water partition coefficient (Wildman–Crippen LogP) is 2.98. The minimum atomic E-state index is 0.471. The van der Waals surface area contributed by atoms with Crippen molar-refractivity contribution < 1.29 is 0 Å². The zero-order chi connectivity index (χ0) is 9.90. The number of nitrogens with zero attached hydrogens (tertiary/aromatic N) is 1. The highest BCUT2D eigenvalue weighted by atomic mass is 35.5. The van der Waals surface area contributed by atoms with Gasteiger partial charge in [-0.15, -0.1) is 11.6 Å².